The van der Waals surface area contributed by atoms with Crippen molar-refractivity contribution in [2.24, 2.45) is 4.99 Å². The van der Waals surface area contributed by atoms with Gasteiger partial charge >= 0.3 is 0 Å². The van der Waals surface area contributed by atoms with Gasteiger partial charge in [0, 0.05) is 45.5 Å². The second-order valence-corrected chi connectivity index (χ2v) is 7.44. The zero-order valence-corrected chi connectivity index (χ0v) is 17.6. The van der Waals surface area contributed by atoms with Crippen molar-refractivity contribution in [3.63, 3.8) is 0 Å². The van der Waals surface area contributed by atoms with Crippen LogP contribution in [0.4, 0.5) is 10.2 Å². The number of nitrogens with zero attached hydrogens (tertiary/aromatic N) is 3. The van der Waals surface area contributed by atoms with Gasteiger partial charge in [0.15, 0.2) is 5.96 Å². The Morgan fingerprint density at radius 3 is 2.77 bits per heavy atom. The fraction of sp³-hybridized carbons (Fsp3) is 0.381. The average molecular weight is 433 g/mol. The molecule has 0 aliphatic carbocycles. The van der Waals surface area contributed by atoms with E-state index in [0.717, 1.165) is 30.9 Å². The molecule has 1 aromatic carbocycles. The number of carbonyl (C=O) groups is 1. The smallest absolute Gasteiger partial charge is 0.224 e. The molecule has 1 amide bonds. The van der Waals surface area contributed by atoms with Gasteiger partial charge in [0.05, 0.1) is 11.4 Å². The molecule has 160 valence electrons. The van der Waals surface area contributed by atoms with E-state index in [0.29, 0.717) is 24.1 Å². The van der Waals surface area contributed by atoms with Crippen molar-refractivity contribution in [2.75, 3.05) is 38.1 Å². The molecule has 2 aromatic rings. The molecule has 2 heterocycles. The molecule has 1 unspecified atom stereocenters. The first-order chi connectivity index (χ1) is 14.5. The lowest BCUT2D eigenvalue weighted by atomic mass is 10.1. The number of aromatic nitrogens is 1. The number of hydrogen-bond acceptors (Lipinski definition) is 4. The van der Waals surface area contributed by atoms with E-state index >= 15 is 0 Å². The Morgan fingerprint density at radius 2 is 2.03 bits per heavy atom. The first kappa shape index (κ1) is 21.8. The Labute approximate surface area is 180 Å². The Morgan fingerprint density at radius 1 is 1.27 bits per heavy atom. The number of carbonyl (C=O) groups excluding carboxylic acids is 1. The van der Waals surface area contributed by atoms with E-state index in [1.807, 2.05) is 12.1 Å². The molecular weight excluding hydrogens is 407 g/mol. The third-order valence-electron chi connectivity index (χ3n) is 4.81. The Bertz CT molecular complexity index is 876. The van der Waals surface area contributed by atoms with Crippen LogP contribution in [0, 0.1) is 5.82 Å². The topological polar surface area (TPSA) is 81.6 Å². The summed E-state index contributed by atoms with van der Waals surface area (Å²) in [7, 11) is 1.71. The van der Waals surface area contributed by atoms with Crippen LogP contribution in [0.2, 0.25) is 5.02 Å². The Kier molecular flexibility index (Phi) is 7.84. The van der Waals surface area contributed by atoms with Crippen LogP contribution < -0.4 is 20.9 Å². The van der Waals surface area contributed by atoms with E-state index in [9.17, 15) is 9.18 Å². The van der Waals surface area contributed by atoms with Crippen molar-refractivity contribution in [3.8, 4) is 0 Å². The van der Waals surface area contributed by atoms with Crippen LogP contribution in [-0.4, -0.2) is 56.1 Å². The number of nitrogens with one attached hydrogen (secondary N) is 3. The summed E-state index contributed by atoms with van der Waals surface area (Å²) in [5, 5.41) is 10.1. The number of halogens is 2. The SMILES string of the molecule is CN=C(NCCNC(=O)Cc1ccc(F)cc1)NC1CCN(c2ncccc2Cl)C1. The lowest BCUT2D eigenvalue weighted by Crippen LogP contribution is -2.46. The summed E-state index contributed by atoms with van der Waals surface area (Å²) in [5.41, 5.74) is 0.776. The average Bonchev–Trinajstić information content (AvgIpc) is 3.20. The van der Waals surface area contributed by atoms with Gasteiger partial charge in [-0.25, -0.2) is 9.37 Å². The minimum absolute atomic E-state index is 0.106. The van der Waals surface area contributed by atoms with Gasteiger partial charge in [0.2, 0.25) is 5.91 Å². The number of aliphatic imine (C=N–C) groups is 1. The van der Waals surface area contributed by atoms with Crippen molar-refractivity contribution < 1.29 is 9.18 Å². The van der Waals surface area contributed by atoms with E-state index in [1.165, 1.54) is 12.1 Å². The summed E-state index contributed by atoms with van der Waals surface area (Å²) >= 11 is 6.24. The minimum atomic E-state index is -0.309. The van der Waals surface area contributed by atoms with E-state index in [-0.39, 0.29) is 24.2 Å². The second kappa shape index (κ2) is 10.8. The number of anilines is 1. The van der Waals surface area contributed by atoms with Gasteiger partial charge in [-0.15, -0.1) is 0 Å². The third kappa shape index (κ3) is 6.32. The van der Waals surface area contributed by atoms with Crippen molar-refractivity contribution in [1.29, 1.82) is 0 Å². The van der Waals surface area contributed by atoms with E-state index in [4.69, 9.17) is 11.6 Å². The Hall–Kier alpha value is -2.87. The van der Waals surface area contributed by atoms with Gasteiger partial charge in [-0.2, -0.15) is 0 Å². The number of pyridine rings is 1. The number of rotatable bonds is 7. The highest BCUT2D eigenvalue weighted by molar-refractivity contribution is 6.32. The maximum Gasteiger partial charge on any atom is 0.224 e. The summed E-state index contributed by atoms with van der Waals surface area (Å²) in [5.74, 6) is 1.07. The first-order valence-corrected chi connectivity index (χ1v) is 10.3. The lowest BCUT2D eigenvalue weighted by molar-refractivity contribution is -0.120. The molecule has 0 bridgehead atoms. The molecule has 1 aliphatic rings. The highest BCUT2D eigenvalue weighted by Gasteiger charge is 2.25. The molecular formula is C21H26ClFN6O. The highest BCUT2D eigenvalue weighted by Crippen LogP contribution is 2.25. The number of hydrogen-bond donors (Lipinski definition) is 3. The van der Waals surface area contributed by atoms with Gasteiger partial charge in [-0.3, -0.25) is 9.79 Å². The van der Waals surface area contributed by atoms with Crippen LogP contribution in [0.5, 0.6) is 0 Å². The molecule has 3 rings (SSSR count). The monoisotopic (exact) mass is 432 g/mol. The summed E-state index contributed by atoms with van der Waals surface area (Å²) in [4.78, 5) is 22.8. The van der Waals surface area contributed by atoms with Crippen LogP contribution in [0.25, 0.3) is 0 Å². The molecule has 1 fully saturated rings. The zero-order valence-electron chi connectivity index (χ0n) is 16.9. The van der Waals surface area contributed by atoms with Gasteiger partial charge in [0.1, 0.15) is 11.6 Å². The largest absolute Gasteiger partial charge is 0.355 e. The van der Waals surface area contributed by atoms with Gasteiger partial charge in [-0.1, -0.05) is 23.7 Å². The maximum absolute atomic E-state index is 12.9. The number of guanidine groups is 1. The van der Waals surface area contributed by atoms with Gasteiger partial charge < -0.3 is 20.9 Å². The second-order valence-electron chi connectivity index (χ2n) is 7.04. The lowest BCUT2D eigenvalue weighted by Gasteiger charge is -2.20. The molecule has 0 radical (unpaired) electrons. The van der Waals surface area contributed by atoms with Crippen LogP contribution in [0.15, 0.2) is 47.6 Å². The summed E-state index contributed by atoms with van der Waals surface area (Å²) in [6.07, 6.45) is 2.91. The van der Waals surface area contributed by atoms with Gasteiger partial charge in [0.25, 0.3) is 0 Å². The summed E-state index contributed by atoms with van der Waals surface area (Å²) in [6.45, 7) is 2.65. The predicted octanol–water partition coefficient (Wildman–Crippen LogP) is 1.98. The van der Waals surface area contributed by atoms with Crippen LogP contribution in [0.1, 0.15) is 12.0 Å². The summed E-state index contributed by atoms with van der Waals surface area (Å²) in [6, 6.07) is 9.82. The Balaban J connectivity index is 1.36. The minimum Gasteiger partial charge on any atom is -0.355 e. The zero-order chi connectivity index (χ0) is 21.3. The standard InChI is InChI=1S/C21H26ClFN6O/c1-24-21(27-11-10-25-19(30)13-15-4-6-16(23)7-5-15)28-17-8-12-29(14-17)20-18(22)3-2-9-26-20/h2-7,9,17H,8,10-14H2,1H3,(H,25,30)(H2,24,27,28). The van der Waals surface area contributed by atoms with Crippen molar-refractivity contribution in [2.45, 2.75) is 18.9 Å². The summed E-state index contributed by atoms with van der Waals surface area (Å²) < 4.78 is 12.9. The molecule has 0 spiro atoms. The molecule has 3 N–H and O–H groups in total. The van der Waals surface area contributed by atoms with Crippen molar-refractivity contribution in [3.05, 3.63) is 59.0 Å². The molecule has 30 heavy (non-hydrogen) atoms. The quantitative estimate of drug-likeness (QED) is 0.354. The normalized spacial score (nSPS) is 16.4. The molecule has 1 atom stereocenters. The first-order valence-electron chi connectivity index (χ1n) is 9.89. The maximum atomic E-state index is 12.9. The van der Waals surface area contributed by atoms with Crippen molar-refractivity contribution >= 4 is 29.3 Å². The predicted molar refractivity (Wildman–Crippen MR) is 117 cm³/mol. The van der Waals surface area contributed by atoms with Crippen LogP contribution in [0.3, 0.4) is 0 Å². The number of benzene rings is 1. The molecule has 9 heteroatoms. The fourth-order valence-corrected chi connectivity index (χ4v) is 3.54. The molecule has 0 saturated carbocycles. The van der Waals surface area contributed by atoms with Crippen LogP contribution >= 0.6 is 11.6 Å². The van der Waals surface area contributed by atoms with Crippen molar-refractivity contribution in [1.82, 2.24) is 20.9 Å². The molecule has 1 saturated heterocycles. The van der Waals surface area contributed by atoms with E-state index in [2.05, 4.69) is 30.8 Å². The highest BCUT2D eigenvalue weighted by atomic mass is 35.5. The van der Waals surface area contributed by atoms with Crippen LogP contribution in [-0.2, 0) is 11.2 Å². The van der Waals surface area contributed by atoms with Gasteiger partial charge in [-0.05, 0) is 36.2 Å². The fourth-order valence-electron chi connectivity index (χ4n) is 3.30. The van der Waals surface area contributed by atoms with E-state index < -0.39 is 0 Å². The molecule has 7 nitrogen and oxygen atoms in total. The van der Waals surface area contributed by atoms with E-state index in [1.54, 1.807) is 25.4 Å². The third-order valence-corrected chi connectivity index (χ3v) is 5.10. The molecule has 1 aromatic heterocycles. The number of amides is 1. The molecule has 1 aliphatic heterocycles.